The lowest BCUT2D eigenvalue weighted by Gasteiger charge is -2.15. The highest BCUT2D eigenvalue weighted by Crippen LogP contribution is 2.21. The molecule has 2 rings (SSSR count). The monoisotopic (exact) mass is 331 g/mol. The van der Waals surface area contributed by atoms with Crippen LogP contribution in [0.3, 0.4) is 0 Å². The number of benzene rings is 2. The van der Waals surface area contributed by atoms with Gasteiger partial charge in [0.2, 0.25) is 10.0 Å². The molecule has 0 unspecified atom stereocenters. The fourth-order valence-corrected chi connectivity index (χ4v) is 3.26. The summed E-state index contributed by atoms with van der Waals surface area (Å²) < 4.78 is 53.2. The summed E-state index contributed by atoms with van der Waals surface area (Å²) >= 11 is 5.59. The zero-order valence-electron chi connectivity index (χ0n) is 11.0. The predicted octanol–water partition coefficient (Wildman–Crippen LogP) is 3.66. The molecule has 7 heteroatoms. The number of rotatable bonds is 4. The molecule has 0 aromatic heterocycles. The van der Waals surface area contributed by atoms with Gasteiger partial charge in [-0.15, -0.1) is 0 Å². The van der Waals surface area contributed by atoms with Crippen LogP contribution in [0.25, 0.3) is 0 Å². The van der Waals surface area contributed by atoms with Crippen molar-refractivity contribution in [2.24, 2.45) is 0 Å². The van der Waals surface area contributed by atoms with Crippen LogP contribution in [-0.2, 0) is 10.0 Å². The molecule has 0 spiro atoms. The smallest absolute Gasteiger partial charge is 0.207 e. The van der Waals surface area contributed by atoms with E-state index in [9.17, 15) is 17.2 Å². The minimum absolute atomic E-state index is 0.109. The summed E-state index contributed by atoms with van der Waals surface area (Å²) in [7, 11) is -4.04. The molecule has 0 saturated carbocycles. The lowest BCUT2D eigenvalue weighted by atomic mass is 10.1. The van der Waals surface area contributed by atoms with Gasteiger partial charge < -0.3 is 0 Å². The van der Waals surface area contributed by atoms with E-state index in [0.29, 0.717) is 5.56 Å². The van der Waals surface area contributed by atoms with Gasteiger partial charge >= 0.3 is 0 Å². The van der Waals surface area contributed by atoms with Crippen LogP contribution in [0.2, 0.25) is 5.02 Å². The summed E-state index contributed by atoms with van der Waals surface area (Å²) in [6, 6.07) is 8.05. The van der Waals surface area contributed by atoms with E-state index in [-0.39, 0.29) is 5.02 Å². The topological polar surface area (TPSA) is 46.2 Å². The van der Waals surface area contributed by atoms with Crippen LogP contribution in [0.15, 0.2) is 47.4 Å². The van der Waals surface area contributed by atoms with Crippen molar-refractivity contribution >= 4 is 21.6 Å². The molecular weight excluding hydrogens is 320 g/mol. The molecule has 0 aliphatic heterocycles. The number of nitrogens with one attached hydrogen (secondary N) is 1. The van der Waals surface area contributed by atoms with Crippen molar-refractivity contribution in [1.82, 2.24) is 4.72 Å². The van der Waals surface area contributed by atoms with Crippen LogP contribution < -0.4 is 4.72 Å². The van der Waals surface area contributed by atoms with E-state index in [1.807, 2.05) is 0 Å². The molecule has 0 radical (unpaired) electrons. The average Bonchev–Trinajstić information content (AvgIpc) is 2.38. The largest absolute Gasteiger partial charge is 0.244 e. The van der Waals surface area contributed by atoms with Crippen molar-refractivity contribution in [2.45, 2.75) is 17.9 Å². The van der Waals surface area contributed by atoms with E-state index in [0.717, 1.165) is 12.1 Å². The summed E-state index contributed by atoms with van der Waals surface area (Å²) in [5.41, 5.74) is 0.564. The van der Waals surface area contributed by atoms with E-state index in [4.69, 9.17) is 11.6 Å². The fourth-order valence-electron chi connectivity index (χ4n) is 1.81. The van der Waals surface area contributed by atoms with E-state index in [1.54, 1.807) is 6.92 Å². The van der Waals surface area contributed by atoms with Gasteiger partial charge in [-0.1, -0.05) is 23.7 Å². The maximum Gasteiger partial charge on any atom is 0.244 e. The highest BCUT2D eigenvalue weighted by atomic mass is 35.5. The summed E-state index contributed by atoms with van der Waals surface area (Å²) in [6.45, 7) is 1.58. The zero-order valence-corrected chi connectivity index (χ0v) is 12.5. The van der Waals surface area contributed by atoms with Crippen molar-refractivity contribution in [3.05, 3.63) is 64.7 Å². The van der Waals surface area contributed by atoms with Gasteiger partial charge in [-0.25, -0.2) is 21.9 Å². The third-order valence-electron chi connectivity index (χ3n) is 2.89. The van der Waals surface area contributed by atoms with Crippen LogP contribution in [0, 0.1) is 11.6 Å². The van der Waals surface area contributed by atoms with Gasteiger partial charge in [0, 0.05) is 11.1 Å². The van der Waals surface area contributed by atoms with Gasteiger partial charge in [0.25, 0.3) is 0 Å². The minimum atomic E-state index is -4.04. The lowest BCUT2D eigenvalue weighted by molar-refractivity contribution is 0.547. The molecule has 0 aliphatic carbocycles. The van der Waals surface area contributed by atoms with Crippen LogP contribution >= 0.6 is 11.6 Å². The molecule has 112 valence electrons. The van der Waals surface area contributed by atoms with Crippen LogP contribution in [0.4, 0.5) is 8.78 Å². The number of hydrogen-bond acceptors (Lipinski definition) is 2. The lowest BCUT2D eigenvalue weighted by Crippen LogP contribution is -2.27. The number of halogens is 3. The summed E-state index contributed by atoms with van der Waals surface area (Å²) in [5, 5.41) is 0.109. The second-order valence-corrected chi connectivity index (χ2v) is 6.59. The molecule has 3 nitrogen and oxygen atoms in total. The summed E-state index contributed by atoms with van der Waals surface area (Å²) in [6.07, 6.45) is 0. The van der Waals surface area contributed by atoms with Gasteiger partial charge in [-0.05, 0) is 42.8 Å². The molecule has 1 N–H and O–H groups in total. The van der Waals surface area contributed by atoms with E-state index < -0.39 is 32.6 Å². The van der Waals surface area contributed by atoms with Gasteiger partial charge in [-0.2, -0.15) is 0 Å². The van der Waals surface area contributed by atoms with Crippen LogP contribution in [0.5, 0.6) is 0 Å². The van der Waals surface area contributed by atoms with E-state index in [2.05, 4.69) is 4.72 Å². The Hall–Kier alpha value is -1.50. The van der Waals surface area contributed by atoms with Crippen LogP contribution in [0.1, 0.15) is 18.5 Å². The van der Waals surface area contributed by atoms with Gasteiger partial charge in [-0.3, -0.25) is 0 Å². The molecular formula is C14H12ClF2NO2S. The Labute approximate surface area is 126 Å². The van der Waals surface area contributed by atoms with Gasteiger partial charge in [0.1, 0.15) is 16.5 Å². The van der Waals surface area contributed by atoms with Gasteiger partial charge in [0.05, 0.1) is 0 Å². The molecule has 0 bridgehead atoms. The Bertz CT molecular complexity index is 748. The second-order valence-electron chi connectivity index (χ2n) is 4.47. The molecule has 0 heterocycles. The second kappa shape index (κ2) is 6.09. The van der Waals surface area contributed by atoms with Gasteiger partial charge in [0.15, 0.2) is 0 Å². The first-order valence-electron chi connectivity index (χ1n) is 6.02. The first-order chi connectivity index (χ1) is 9.79. The van der Waals surface area contributed by atoms with Crippen molar-refractivity contribution < 1.29 is 17.2 Å². The minimum Gasteiger partial charge on any atom is -0.207 e. The standard InChI is InChI=1S/C14H12ClF2NO2S/c1-9(10-2-5-12(16)6-3-10)18-21(19,20)14-7-4-11(15)8-13(14)17/h2-9,18H,1H3/t9-/m1/s1. The SMILES string of the molecule is C[C@@H](NS(=O)(=O)c1ccc(Cl)cc1F)c1ccc(F)cc1. The Morgan fingerprint density at radius 2 is 1.71 bits per heavy atom. The Kier molecular flexibility index (Phi) is 4.61. The van der Waals surface area contributed by atoms with Crippen molar-refractivity contribution in [1.29, 1.82) is 0 Å². The average molecular weight is 332 g/mol. The molecule has 0 amide bonds. The third kappa shape index (κ3) is 3.78. The van der Waals surface area contributed by atoms with E-state index >= 15 is 0 Å². The quantitative estimate of drug-likeness (QED) is 0.929. The maximum atomic E-state index is 13.7. The Morgan fingerprint density at radius 1 is 1.10 bits per heavy atom. The molecule has 0 fully saturated rings. The molecule has 2 aromatic rings. The predicted molar refractivity (Wildman–Crippen MR) is 76.5 cm³/mol. The molecule has 1 atom stereocenters. The summed E-state index contributed by atoms with van der Waals surface area (Å²) in [5.74, 6) is -1.35. The maximum absolute atomic E-state index is 13.7. The van der Waals surface area contributed by atoms with E-state index in [1.165, 1.54) is 30.3 Å². The molecule has 0 saturated heterocycles. The Morgan fingerprint density at radius 3 is 2.29 bits per heavy atom. The fraction of sp³-hybridized carbons (Fsp3) is 0.143. The molecule has 2 aromatic carbocycles. The van der Waals surface area contributed by atoms with Crippen molar-refractivity contribution in [3.63, 3.8) is 0 Å². The molecule has 21 heavy (non-hydrogen) atoms. The van der Waals surface area contributed by atoms with Crippen molar-refractivity contribution in [2.75, 3.05) is 0 Å². The van der Waals surface area contributed by atoms with Crippen LogP contribution in [-0.4, -0.2) is 8.42 Å². The zero-order chi connectivity index (χ0) is 15.6. The summed E-state index contributed by atoms with van der Waals surface area (Å²) in [4.78, 5) is -0.485. The number of sulfonamides is 1. The third-order valence-corrected chi connectivity index (χ3v) is 4.69. The molecule has 0 aliphatic rings. The first kappa shape index (κ1) is 15.9. The number of hydrogen-bond donors (Lipinski definition) is 1. The Balaban J connectivity index is 2.26. The first-order valence-corrected chi connectivity index (χ1v) is 7.88. The highest BCUT2D eigenvalue weighted by molar-refractivity contribution is 7.89. The van der Waals surface area contributed by atoms with Crippen molar-refractivity contribution in [3.8, 4) is 0 Å². The normalized spacial score (nSPS) is 13.1. The highest BCUT2D eigenvalue weighted by Gasteiger charge is 2.22.